The first-order valence-corrected chi connectivity index (χ1v) is 14.9. The van der Waals surface area contributed by atoms with E-state index in [4.69, 9.17) is 0 Å². The summed E-state index contributed by atoms with van der Waals surface area (Å²) >= 11 is 0. The topological polar surface area (TPSA) is 154 Å². The number of pyridine rings is 2. The highest BCUT2D eigenvalue weighted by Crippen LogP contribution is 2.22. The van der Waals surface area contributed by atoms with E-state index in [1.54, 1.807) is 56.7 Å². The summed E-state index contributed by atoms with van der Waals surface area (Å²) in [7, 11) is 0. The van der Waals surface area contributed by atoms with Crippen molar-refractivity contribution in [1.82, 2.24) is 31.0 Å². The van der Waals surface area contributed by atoms with E-state index in [1.807, 2.05) is 12.1 Å². The number of aromatic nitrogens is 2. The Morgan fingerprint density at radius 2 is 1.91 bits per heavy atom. The van der Waals surface area contributed by atoms with Gasteiger partial charge in [-0.2, -0.15) is 0 Å². The van der Waals surface area contributed by atoms with Gasteiger partial charge in [-0.05, 0) is 74.8 Å². The maximum absolute atomic E-state index is 13.5. The number of hydrazine groups is 1. The standard InChI is InChI=1S/C33H40N6O5/c1-5-22-10-11-24-20-35-26(18-25(24)16-22)12-13-33(3,4)32(44)37-28(17-23-8-6-14-34-19-23)29(40)36-21(2)30(41)39-15-7-9-27(38-39)31(42)43/h6,8,10-14,16,18-21,27-28,38H,5,7,9,15,17H2,1-4H3,(H,36,40)(H,37,44)(H,42,43). The molecule has 1 fully saturated rings. The van der Waals surface area contributed by atoms with E-state index < -0.39 is 41.3 Å². The van der Waals surface area contributed by atoms with Gasteiger partial charge in [-0.1, -0.05) is 37.3 Å². The molecule has 4 N–H and O–H groups in total. The molecule has 4 rings (SSSR count). The lowest BCUT2D eigenvalue weighted by atomic mass is 9.90. The molecule has 0 spiro atoms. The lowest BCUT2D eigenvalue weighted by Crippen LogP contribution is -2.60. The zero-order valence-electron chi connectivity index (χ0n) is 25.5. The summed E-state index contributed by atoms with van der Waals surface area (Å²) in [4.78, 5) is 60.1. The fourth-order valence-electron chi connectivity index (χ4n) is 4.93. The molecule has 2 aromatic heterocycles. The van der Waals surface area contributed by atoms with Crippen LogP contribution in [-0.2, 0) is 32.0 Å². The Morgan fingerprint density at radius 3 is 2.61 bits per heavy atom. The lowest BCUT2D eigenvalue weighted by molar-refractivity contribution is -0.148. The number of carboxylic acids is 1. The summed E-state index contributed by atoms with van der Waals surface area (Å²) in [6, 6.07) is 8.95. The molecule has 11 nitrogen and oxygen atoms in total. The quantitative estimate of drug-likeness (QED) is 0.262. The summed E-state index contributed by atoms with van der Waals surface area (Å²) in [5, 5.41) is 18.2. The maximum atomic E-state index is 13.5. The Hall–Kier alpha value is -4.64. The van der Waals surface area contributed by atoms with Crippen molar-refractivity contribution in [1.29, 1.82) is 0 Å². The maximum Gasteiger partial charge on any atom is 0.322 e. The number of nitrogens with zero attached hydrogens (tertiary/aromatic N) is 3. The predicted molar refractivity (Wildman–Crippen MR) is 167 cm³/mol. The van der Waals surface area contributed by atoms with Gasteiger partial charge in [0.2, 0.25) is 11.8 Å². The van der Waals surface area contributed by atoms with Crippen LogP contribution in [0.15, 0.2) is 61.1 Å². The first kappa shape index (κ1) is 32.3. The third kappa shape index (κ3) is 8.25. The van der Waals surface area contributed by atoms with E-state index in [-0.39, 0.29) is 12.3 Å². The van der Waals surface area contributed by atoms with Crippen molar-refractivity contribution in [2.75, 3.05) is 6.54 Å². The molecular formula is C33H40N6O5. The smallest absolute Gasteiger partial charge is 0.322 e. The number of carbonyl (C=O) groups excluding carboxylic acids is 3. The van der Waals surface area contributed by atoms with Crippen molar-refractivity contribution in [3.8, 4) is 0 Å². The van der Waals surface area contributed by atoms with E-state index >= 15 is 0 Å². The van der Waals surface area contributed by atoms with Crippen LogP contribution in [0, 0.1) is 5.41 Å². The van der Waals surface area contributed by atoms with Gasteiger partial charge in [0.25, 0.3) is 5.91 Å². The summed E-state index contributed by atoms with van der Waals surface area (Å²) in [5.41, 5.74) is 4.38. The van der Waals surface area contributed by atoms with Crippen molar-refractivity contribution < 1.29 is 24.3 Å². The lowest BCUT2D eigenvalue weighted by Gasteiger charge is -2.34. The molecular weight excluding hydrogens is 560 g/mol. The molecule has 44 heavy (non-hydrogen) atoms. The minimum atomic E-state index is -1.04. The van der Waals surface area contributed by atoms with E-state index in [0.717, 1.165) is 22.8 Å². The number of amides is 3. The highest BCUT2D eigenvalue weighted by molar-refractivity contribution is 5.94. The largest absolute Gasteiger partial charge is 0.480 e. The van der Waals surface area contributed by atoms with Gasteiger partial charge in [0, 0.05) is 36.9 Å². The third-order valence-corrected chi connectivity index (χ3v) is 7.74. The van der Waals surface area contributed by atoms with Gasteiger partial charge in [0.05, 0.1) is 11.1 Å². The first-order chi connectivity index (χ1) is 21.0. The normalized spacial score (nSPS) is 16.8. The summed E-state index contributed by atoms with van der Waals surface area (Å²) in [5.74, 6) is -2.43. The van der Waals surface area contributed by atoms with Crippen LogP contribution in [0.3, 0.4) is 0 Å². The van der Waals surface area contributed by atoms with Crippen LogP contribution in [0.5, 0.6) is 0 Å². The van der Waals surface area contributed by atoms with E-state index in [2.05, 4.69) is 45.1 Å². The van der Waals surface area contributed by atoms with Gasteiger partial charge in [-0.15, -0.1) is 0 Å². The van der Waals surface area contributed by atoms with Crippen molar-refractivity contribution in [3.63, 3.8) is 0 Å². The molecule has 0 aliphatic carbocycles. The number of benzene rings is 1. The zero-order valence-corrected chi connectivity index (χ0v) is 25.5. The van der Waals surface area contributed by atoms with Crippen LogP contribution in [0.1, 0.15) is 57.4 Å². The molecule has 1 aromatic carbocycles. The Labute approximate surface area is 257 Å². The highest BCUT2D eigenvalue weighted by atomic mass is 16.4. The van der Waals surface area contributed by atoms with Gasteiger partial charge in [-0.25, -0.2) is 5.43 Å². The van der Waals surface area contributed by atoms with Gasteiger partial charge in [0.15, 0.2) is 0 Å². The number of aryl methyl sites for hydroxylation is 1. The number of rotatable bonds is 11. The molecule has 232 valence electrons. The molecule has 3 heterocycles. The fourth-order valence-corrected chi connectivity index (χ4v) is 4.93. The van der Waals surface area contributed by atoms with Crippen molar-refractivity contribution >= 4 is 40.5 Å². The fraction of sp³-hybridized carbons (Fsp3) is 0.394. The van der Waals surface area contributed by atoms with Crippen LogP contribution in [0.4, 0.5) is 0 Å². The second kappa shape index (κ2) is 14.2. The minimum absolute atomic E-state index is 0.154. The summed E-state index contributed by atoms with van der Waals surface area (Å²) < 4.78 is 0. The Balaban J connectivity index is 1.47. The van der Waals surface area contributed by atoms with E-state index in [1.165, 1.54) is 17.5 Å². The Morgan fingerprint density at radius 1 is 1.11 bits per heavy atom. The van der Waals surface area contributed by atoms with Crippen molar-refractivity contribution in [2.45, 2.75) is 71.5 Å². The van der Waals surface area contributed by atoms with E-state index in [0.29, 0.717) is 25.1 Å². The second-order valence-corrected chi connectivity index (χ2v) is 11.7. The van der Waals surface area contributed by atoms with Crippen LogP contribution in [0.25, 0.3) is 16.8 Å². The first-order valence-electron chi connectivity index (χ1n) is 14.9. The van der Waals surface area contributed by atoms with Gasteiger partial charge in [-0.3, -0.25) is 34.2 Å². The highest BCUT2D eigenvalue weighted by Gasteiger charge is 2.33. The summed E-state index contributed by atoms with van der Waals surface area (Å²) in [6.45, 7) is 7.46. The van der Waals surface area contributed by atoms with Gasteiger partial charge >= 0.3 is 5.97 Å². The minimum Gasteiger partial charge on any atom is -0.480 e. The van der Waals surface area contributed by atoms with Crippen molar-refractivity contribution in [2.24, 2.45) is 5.41 Å². The number of hydrogen-bond donors (Lipinski definition) is 4. The zero-order chi connectivity index (χ0) is 31.9. The van der Waals surface area contributed by atoms with Crippen LogP contribution >= 0.6 is 0 Å². The van der Waals surface area contributed by atoms with Crippen LogP contribution < -0.4 is 16.1 Å². The molecule has 11 heteroatoms. The average molecular weight is 601 g/mol. The molecule has 0 bridgehead atoms. The van der Waals surface area contributed by atoms with Gasteiger partial charge < -0.3 is 15.7 Å². The van der Waals surface area contributed by atoms with Crippen molar-refractivity contribution in [3.05, 3.63) is 77.9 Å². The Bertz CT molecular complexity index is 1540. The molecule has 3 aromatic rings. The number of carbonyl (C=O) groups is 4. The summed E-state index contributed by atoms with van der Waals surface area (Å²) in [6.07, 6.45) is 10.6. The second-order valence-electron chi connectivity index (χ2n) is 11.7. The molecule has 0 saturated carbocycles. The molecule has 3 atom stereocenters. The number of fused-ring (bicyclic) bond motifs is 1. The predicted octanol–water partition coefficient (Wildman–Crippen LogP) is 3.04. The molecule has 3 amide bonds. The van der Waals surface area contributed by atoms with Crippen LogP contribution in [-0.4, -0.2) is 68.4 Å². The number of carboxylic acid groups (broad SMARTS) is 1. The number of hydrogen-bond acceptors (Lipinski definition) is 7. The molecule has 1 aliphatic heterocycles. The molecule has 1 saturated heterocycles. The average Bonchev–Trinajstić information content (AvgIpc) is 3.03. The van der Waals surface area contributed by atoms with Crippen LogP contribution in [0.2, 0.25) is 0 Å². The number of nitrogens with one attached hydrogen (secondary N) is 3. The molecule has 1 aliphatic rings. The Kier molecular flexibility index (Phi) is 10.4. The SMILES string of the molecule is CCc1ccc2cnc(C=CC(C)(C)C(=O)NC(Cc3cccnc3)C(=O)NC(C)C(=O)N3CCCC(C(=O)O)N3)cc2c1. The molecule has 0 radical (unpaired) electrons. The monoisotopic (exact) mass is 600 g/mol. The third-order valence-electron chi connectivity index (χ3n) is 7.74. The van der Waals surface area contributed by atoms with Gasteiger partial charge in [0.1, 0.15) is 18.1 Å². The molecule has 3 unspecified atom stereocenters. The number of aliphatic carboxylic acids is 1. The van der Waals surface area contributed by atoms with E-state index in [9.17, 15) is 24.3 Å².